The molecule has 0 unspecified atom stereocenters. The summed E-state index contributed by atoms with van der Waals surface area (Å²) in [5.74, 6) is 0.385. The molecule has 82 valence electrons. The highest BCUT2D eigenvalue weighted by atomic mass is 35.5. The first-order valence-electron chi connectivity index (χ1n) is 4.82. The first kappa shape index (κ1) is 11.8. The van der Waals surface area contributed by atoms with Crippen LogP contribution in [0.4, 0.5) is 0 Å². The molecule has 0 aliphatic carbocycles. The second-order valence-electron chi connectivity index (χ2n) is 3.40. The van der Waals surface area contributed by atoms with Crippen LogP contribution in [0.25, 0.3) is 11.1 Å². The van der Waals surface area contributed by atoms with Gasteiger partial charge in [-0.1, -0.05) is 59.6 Å². The molecule has 0 saturated heterocycles. The molecule has 0 radical (unpaired) electrons. The van der Waals surface area contributed by atoms with Crippen LogP contribution < -0.4 is 0 Å². The average Bonchev–Trinajstić information content (AvgIpc) is 2.31. The van der Waals surface area contributed by atoms with Crippen molar-refractivity contribution in [2.24, 2.45) is 0 Å². The van der Waals surface area contributed by atoms with Crippen LogP contribution in [-0.2, 0) is 5.88 Å². The Kier molecular flexibility index (Phi) is 3.75. The molecule has 2 aromatic carbocycles. The summed E-state index contributed by atoms with van der Waals surface area (Å²) in [4.78, 5) is 0. The molecule has 0 aliphatic heterocycles. The lowest BCUT2D eigenvalue weighted by Crippen LogP contribution is -1.87. The summed E-state index contributed by atoms with van der Waals surface area (Å²) in [7, 11) is 0. The zero-order valence-corrected chi connectivity index (χ0v) is 10.7. The molecule has 0 fully saturated rings. The van der Waals surface area contributed by atoms with Crippen LogP contribution in [-0.4, -0.2) is 0 Å². The van der Waals surface area contributed by atoms with Gasteiger partial charge in [-0.25, -0.2) is 0 Å². The Balaban J connectivity index is 2.64. The van der Waals surface area contributed by atoms with Crippen LogP contribution in [0, 0.1) is 0 Å². The minimum atomic E-state index is 0.385. The molecule has 2 aromatic rings. The number of alkyl halides is 1. The van der Waals surface area contributed by atoms with E-state index in [0.29, 0.717) is 15.9 Å². The van der Waals surface area contributed by atoms with Gasteiger partial charge in [-0.15, -0.1) is 11.6 Å². The van der Waals surface area contributed by atoms with Gasteiger partial charge in [-0.3, -0.25) is 0 Å². The molecule has 3 heteroatoms. The lowest BCUT2D eigenvalue weighted by molar-refractivity contribution is 1.40. The van der Waals surface area contributed by atoms with Crippen molar-refractivity contribution in [3.05, 3.63) is 58.1 Å². The maximum absolute atomic E-state index is 6.28. The van der Waals surface area contributed by atoms with Gasteiger partial charge in [-0.05, 0) is 17.2 Å². The van der Waals surface area contributed by atoms with Gasteiger partial charge in [0.2, 0.25) is 0 Å². The van der Waals surface area contributed by atoms with Gasteiger partial charge in [0.1, 0.15) is 0 Å². The Hall–Kier alpha value is -0.690. The summed E-state index contributed by atoms with van der Waals surface area (Å²) < 4.78 is 0. The van der Waals surface area contributed by atoms with Crippen molar-refractivity contribution in [3.8, 4) is 11.1 Å². The Morgan fingerprint density at radius 2 is 1.56 bits per heavy atom. The van der Waals surface area contributed by atoms with Crippen molar-refractivity contribution in [2.75, 3.05) is 0 Å². The van der Waals surface area contributed by atoms with E-state index >= 15 is 0 Å². The minimum absolute atomic E-state index is 0.385. The third-order valence-corrected chi connectivity index (χ3v) is 3.41. The monoisotopic (exact) mass is 270 g/mol. The highest BCUT2D eigenvalue weighted by Gasteiger charge is 2.11. The summed E-state index contributed by atoms with van der Waals surface area (Å²) in [6.45, 7) is 0. The third kappa shape index (κ3) is 2.20. The number of hydrogen-bond acceptors (Lipinski definition) is 0. The summed E-state index contributed by atoms with van der Waals surface area (Å²) in [6, 6.07) is 13.5. The van der Waals surface area contributed by atoms with Crippen molar-refractivity contribution in [2.45, 2.75) is 5.88 Å². The Morgan fingerprint density at radius 1 is 0.875 bits per heavy atom. The summed E-state index contributed by atoms with van der Waals surface area (Å²) in [5.41, 5.74) is 2.75. The third-order valence-electron chi connectivity index (χ3n) is 2.38. The number of benzene rings is 2. The minimum Gasteiger partial charge on any atom is -0.121 e. The molecule has 0 spiro atoms. The van der Waals surface area contributed by atoms with E-state index in [0.717, 1.165) is 16.7 Å². The van der Waals surface area contributed by atoms with E-state index in [9.17, 15) is 0 Å². The second kappa shape index (κ2) is 5.09. The molecule has 0 aromatic heterocycles. The van der Waals surface area contributed by atoms with Crippen molar-refractivity contribution in [1.82, 2.24) is 0 Å². The molecule has 0 N–H and O–H groups in total. The van der Waals surface area contributed by atoms with Crippen LogP contribution >= 0.6 is 34.8 Å². The molecule has 0 heterocycles. The summed E-state index contributed by atoms with van der Waals surface area (Å²) in [6.07, 6.45) is 0. The second-order valence-corrected chi connectivity index (χ2v) is 4.45. The molecule has 16 heavy (non-hydrogen) atoms. The lowest BCUT2D eigenvalue weighted by atomic mass is 10.0. The van der Waals surface area contributed by atoms with Crippen LogP contribution in [0.1, 0.15) is 5.56 Å². The van der Waals surface area contributed by atoms with Crippen molar-refractivity contribution < 1.29 is 0 Å². The fourth-order valence-electron chi connectivity index (χ4n) is 1.57. The van der Waals surface area contributed by atoms with Gasteiger partial charge < -0.3 is 0 Å². The predicted molar refractivity (Wildman–Crippen MR) is 71.5 cm³/mol. The molecule has 0 amide bonds. The Labute approximate surface area is 110 Å². The van der Waals surface area contributed by atoms with Gasteiger partial charge in [-0.2, -0.15) is 0 Å². The Bertz CT molecular complexity index is 492. The molecular formula is C13H9Cl3. The first-order chi connectivity index (χ1) is 7.74. The SMILES string of the molecule is ClCc1ccc(Cl)c(-c2ccccc2)c1Cl. The van der Waals surface area contributed by atoms with Gasteiger partial charge >= 0.3 is 0 Å². The number of halogens is 3. The van der Waals surface area contributed by atoms with Crippen molar-refractivity contribution >= 4 is 34.8 Å². The quantitative estimate of drug-likeness (QED) is 0.642. The normalized spacial score (nSPS) is 10.4. The molecule has 0 aliphatic rings. The van der Waals surface area contributed by atoms with E-state index in [1.165, 1.54) is 0 Å². The molecular weight excluding hydrogens is 263 g/mol. The van der Waals surface area contributed by atoms with Crippen molar-refractivity contribution in [1.29, 1.82) is 0 Å². The predicted octanol–water partition coefficient (Wildman–Crippen LogP) is 5.40. The average molecular weight is 272 g/mol. The van der Waals surface area contributed by atoms with E-state index in [1.807, 2.05) is 42.5 Å². The maximum Gasteiger partial charge on any atom is 0.0543 e. The van der Waals surface area contributed by atoms with Crippen molar-refractivity contribution in [3.63, 3.8) is 0 Å². The fraction of sp³-hybridized carbons (Fsp3) is 0.0769. The number of rotatable bonds is 2. The highest BCUT2D eigenvalue weighted by molar-refractivity contribution is 6.40. The molecule has 2 rings (SSSR count). The zero-order chi connectivity index (χ0) is 11.5. The summed E-state index contributed by atoms with van der Waals surface area (Å²) in [5, 5.41) is 1.28. The van der Waals surface area contributed by atoms with Crippen LogP contribution in [0.2, 0.25) is 10.0 Å². The lowest BCUT2D eigenvalue weighted by Gasteiger charge is -2.10. The Morgan fingerprint density at radius 3 is 2.19 bits per heavy atom. The topological polar surface area (TPSA) is 0 Å². The van der Waals surface area contributed by atoms with Crippen LogP contribution in [0.15, 0.2) is 42.5 Å². The van der Waals surface area contributed by atoms with Crippen LogP contribution in [0.3, 0.4) is 0 Å². The van der Waals surface area contributed by atoms with E-state index in [1.54, 1.807) is 0 Å². The van der Waals surface area contributed by atoms with Gasteiger partial charge in [0.25, 0.3) is 0 Å². The van der Waals surface area contributed by atoms with Gasteiger partial charge in [0.05, 0.1) is 5.02 Å². The zero-order valence-electron chi connectivity index (χ0n) is 8.38. The smallest absolute Gasteiger partial charge is 0.0543 e. The van der Waals surface area contributed by atoms with Crippen LogP contribution in [0.5, 0.6) is 0 Å². The molecule has 0 atom stereocenters. The highest BCUT2D eigenvalue weighted by Crippen LogP contribution is 2.37. The van der Waals surface area contributed by atoms with E-state index in [2.05, 4.69) is 0 Å². The van der Waals surface area contributed by atoms with Gasteiger partial charge in [0, 0.05) is 16.5 Å². The van der Waals surface area contributed by atoms with E-state index in [4.69, 9.17) is 34.8 Å². The standard InChI is InChI=1S/C13H9Cl3/c14-8-10-6-7-11(15)12(13(10)16)9-4-2-1-3-5-9/h1-7H,8H2. The fourth-order valence-corrected chi connectivity index (χ4v) is 2.52. The molecule has 0 saturated carbocycles. The molecule has 0 nitrogen and oxygen atoms in total. The van der Waals surface area contributed by atoms with E-state index < -0.39 is 0 Å². The maximum atomic E-state index is 6.28. The van der Waals surface area contributed by atoms with Gasteiger partial charge in [0.15, 0.2) is 0 Å². The largest absolute Gasteiger partial charge is 0.121 e. The number of hydrogen-bond donors (Lipinski definition) is 0. The van der Waals surface area contributed by atoms with E-state index in [-0.39, 0.29) is 0 Å². The molecule has 0 bridgehead atoms. The first-order valence-corrected chi connectivity index (χ1v) is 6.11. The summed E-state index contributed by atoms with van der Waals surface area (Å²) >= 11 is 18.3.